The van der Waals surface area contributed by atoms with Crippen molar-refractivity contribution in [1.82, 2.24) is 14.6 Å². The molecule has 1 saturated heterocycles. The number of anilines is 1. The largest absolute Gasteiger partial charge is 0.477 e. The Bertz CT molecular complexity index is 692. The van der Waals surface area contributed by atoms with E-state index in [0.717, 1.165) is 12.8 Å². The lowest BCUT2D eigenvalue weighted by Crippen LogP contribution is -2.44. The quantitative estimate of drug-likeness (QED) is 0.872. The molecule has 7 nitrogen and oxygen atoms in total. The van der Waals surface area contributed by atoms with Gasteiger partial charge in [-0.1, -0.05) is 0 Å². The van der Waals surface area contributed by atoms with Gasteiger partial charge in [-0.3, -0.25) is 0 Å². The molecule has 1 saturated carbocycles. The first-order valence-electron chi connectivity index (χ1n) is 6.64. The molecule has 0 amide bonds. The molecule has 0 radical (unpaired) electrons. The van der Waals surface area contributed by atoms with Crippen LogP contribution < -0.4 is 4.90 Å². The Labute approximate surface area is 114 Å². The Morgan fingerprint density at radius 2 is 2.30 bits per heavy atom. The third-order valence-electron chi connectivity index (χ3n) is 3.95. The van der Waals surface area contributed by atoms with E-state index in [1.165, 1.54) is 4.52 Å². The fourth-order valence-corrected chi connectivity index (χ4v) is 2.76. The number of fused-ring (bicyclic) bond motifs is 1. The number of nitrogens with zero attached hydrogens (tertiary/aromatic N) is 4. The molecule has 1 N–H and O–H groups in total. The molecule has 2 aromatic heterocycles. The molecule has 3 heterocycles. The monoisotopic (exact) mass is 274 g/mol. The van der Waals surface area contributed by atoms with E-state index in [0.29, 0.717) is 31.2 Å². The molecule has 20 heavy (non-hydrogen) atoms. The summed E-state index contributed by atoms with van der Waals surface area (Å²) in [5.74, 6) is -0.504. The minimum atomic E-state index is -0.995. The van der Waals surface area contributed by atoms with Crippen LogP contribution in [-0.4, -0.2) is 51.0 Å². The molecule has 1 aliphatic heterocycles. The van der Waals surface area contributed by atoms with Crippen LogP contribution in [0.2, 0.25) is 0 Å². The van der Waals surface area contributed by atoms with Crippen LogP contribution in [-0.2, 0) is 4.74 Å². The molecular formula is C13H14N4O3. The summed E-state index contributed by atoms with van der Waals surface area (Å²) >= 11 is 0. The topological polar surface area (TPSA) is 80.0 Å². The normalized spacial score (nSPS) is 20.5. The van der Waals surface area contributed by atoms with Gasteiger partial charge in [-0.2, -0.15) is 0 Å². The van der Waals surface area contributed by atoms with Crippen molar-refractivity contribution in [1.29, 1.82) is 0 Å². The average molecular weight is 274 g/mol. The molecule has 104 valence electrons. The highest BCUT2D eigenvalue weighted by molar-refractivity contribution is 6.00. The highest BCUT2D eigenvalue weighted by Gasteiger charge is 2.48. The summed E-state index contributed by atoms with van der Waals surface area (Å²) in [5.41, 5.74) is 0.478. The summed E-state index contributed by atoms with van der Waals surface area (Å²) < 4.78 is 7.28. The predicted molar refractivity (Wildman–Crippen MR) is 70.1 cm³/mol. The molecule has 4 rings (SSSR count). The van der Waals surface area contributed by atoms with E-state index < -0.39 is 5.97 Å². The van der Waals surface area contributed by atoms with E-state index in [9.17, 15) is 9.90 Å². The second-order valence-corrected chi connectivity index (χ2v) is 5.34. The summed E-state index contributed by atoms with van der Waals surface area (Å²) in [6.45, 7) is 1.98. The number of ether oxygens (including phenoxy) is 1. The lowest BCUT2D eigenvalue weighted by Gasteiger charge is -2.33. The maximum Gasteiger partial charge on any atom is 0.343 e. The molecule has 0 aromatic carbocycles. The van der Waals surface area contributed by atoms with Crippen molar-refractivity contribution in [2.45, 2.75) is 18.4 Å². The summed E-state index contributed by atoms with van der Waals surface area (Å²) in [4.78, 5) is 17.7. The van der Waals surface area contributed by atoms with E-state index in [1.807, 2.05) is 4.90 Å². The number of hydrogen-bond donors (Lipinski definition) is 1. The summed E-state index contributed by atoms with van der Waals surface area (Å²) in [6, 6.07) is 1.73. The first kappa shape index (κ1) is 11.7. The smallest absolute Gasteiger partial charge is 0.343 e. The standard InChI is InChI=1S/C13H14N4O3/c18-12(19)9-10-14-4-1-5-17(10)15-11(9)16-6-7-20-13(8-16)2-3-13/h1,4-5H,2-3,6-8H2,(H,18,19). The van der Waals surface area contributed by atoms with E-state index >= 15 is 0 Å². The molecule has 1 spiro atoms. The maximum absolute atomic E-state index is 11.6. The van der Waals surface area contributed by atoms with Gasteiger partial charge in [0.05, 0.1) is 12.2 Å². The molecule has 0 atom stereocenters. The van der Waals surface area contributed by atoms with Crippen molar-refractivity contribution in [2.75, 3.05) is 24.6 Å². The summed E-state index contributed by atoms with van der Waals surface area (Å²) in [5, 5.41) is 13.9. The third-order valence-corrected chi connectivity index (χ3v) is 3.95. The Balaban J connectivity index is 1.82. The van der Waals surface area contributed by atoms with Gasteiger partial charge < -0.3 is 14.7 Å². The Morgan fingerprint density at radius 3 is 3.05 bits per heavy atom. The number of carbonyl (C=O) groups is 1. The first-order chi connectivity index (χ1) is 9.69. The van der Waals surface area contributed by atoms with Crippen LogP contribution in [0.5, 0.6) is 0 Å². The summed E-state index contributed by atoms with van der Waals surface area (Å²) in [6.07, 6.45) is 5.37. The van der Waals surface area contributed by atoms with Crippen molar-refractivity contribution >= 4 is 17.4 Å². The molecule has 2 aliphatic rings. The van der Waals surface area contributed by atoms with Crippen LogP contribution in [0.3, 0.4) is 0 Å². The van der Waals surface area contributed by atoms with Gasteiger partial charge in [0, 0.05) is 25.5 Å². The molecule has 2 aromatic rings. The number of morpholine rings is 1. The fourth-order valence-electron chi connectivity index (χ4n) is 2.76. The van der Waals surface area contributed by atoms with Crippen LogP contribution in [0.25, 0.3) is 5.65 Å². The van der Waals surface area contributed by atoms with Crippen LogP contribution >= 0.6 is 0 Å². The second-order valence-electron chi connectivity index (χ2n) is 5.34. The second kappa shape index (κ2) is 3.92. The Hall–Kier alpha value is -2.15. The predicted octanol–water partition coefficient (Wildman–Crippen LogP) is 0.797. The number of rotatable bonds is 2. The molecule has 7 heteroatoms. The zero-order chi connectivity index (χ0) is 13.7. The highest BCUT2D eigenvalue weighted by Crippen LogP contribution is 2.43. The third kappa shape index (κ3) is 1.66. The van der Waals surface area contributed by atoms with Gasteiger partial charge in [-0.05, 0) is 18.9 Å². The zero-order valence-corrected chi connectivity index (χ0v) is 10.8. The van der Waals surface area contributed by atoms with Gasteiger partial charge in [0.2, 0.25) is 0 Å². The number of aromatic carboxylic acids is 1. The summed E-state index contributed by atoms with van der Waals surface area (Å²) in [7, 11) is 0. The van der Waals surface area contributed by atoms with E-state index in [1.54, 1.807) is 18.5 Å². The van der Waals surface area contributed by atoms with Crippen molar-refractivity contribution in [3.8, 4) is 0 Å². The molecule has 0 unspecified atom stereocenters. The van der Waals surface area contributed by atoms with Gasteiger partial charge in [0.1, 0.15) is 5.56 Å². The number of hydrogen-bond acceptors (Lipinski definition) is 5. The van der Waals surface area contributed by atoms with Crippen molar-refractivity contribution in [2.24, 2.45) is 0 Å². The van der Waals surface area contributed by atoms with Gasteiger partial charge in [0.15, 0.2) is 11.5 Å². The van der Waals surface area contributed by atoms with E-state index in [-0.39, 0.29) is 11.2 Å². The maximum atomic E-state index is 11.6. The molecular weight excluding hydrogens is 260 g/mol. The van der Waals surface area contributed by atoms with Gasteiger partial charge >= 0.3 is 5.97 Å². The average Bonchev–Trinajstić information content (AvgIpc) is 3.05. The molecule has 2 fully saturated rings. The number of carboxylic acids is 1. The van der Waals surface area contributed by atoms with E-state index in [4.69, 9.17) is 4.74 Å². The SMILES string of the molecule is O=C(O)c1c(N2CCOC3(CC3)C2)nn2cccnc12. The minimum absolute atomic E-state index is 0.0722. The molecule has 0 bridgehead atoms. The first-order valence-corrected chi connectivity index (χ1v) is 6.64. The van der Waals surface area contributed by atoms with Crippen LogP contribution in [0.15, 0.2) is 18.5 Å². The number of aromatic nitrogens is 3. The van der Waals surface area contributed by atoms with Crippen LogP contribution in [0, 0.1) is 0 Å². The van der Waals surface area contributed by atoms with Crippen molar-refractivity contribution in [3.05, 3.63) is 24.0 Å². The zero-order valence-electron chi connectivity index (χ0n) is 10.8. The van der Waals surface area contributed by atoms with Gasteiger partial charge in [0.25, 0.3) is 0 Å². The van der Waals surface area contributed by atoms with Crippen molar-refractivity contribution < 1.29 is 14.6 Å². The van der Waals surface area contributed by atoms with Crippen LogP contribution in [0.4, 0.5) is 5.82 Å². The van der Waals surface area contributed by atoms with E-state index in [2.05, 4.69) is 10.1 Å². The Morgan fingerprint density at radius 1 is 1.45 bits per heavy atom. The number of carboxylic acid groups (broad SMARTS) is 1. The van der Waals surface area contributed by atoms with Crippen LogP contribution in [0.1, 0.15) is 23.2 Å². The lowest BCUT2D eigenvalue weighted by molar-refractivity contribution is 0.0202. The minimum Gasteiger partial charge on any atom is -0.477 e. The lowest BCUT2D eigenvalue weighted by atomic mass is 10.2. The van der Waals surface area contributed by atoms with Crippen molar-refractivity contribution in [3.63, 3.8) is 0 Å². The fraction of sp³-hybridized carbons (Fsp3) is 0.462. The highest BCUT2D eigenvalue weighted by atomic mass is 16.5. The van der Waals surface area contributed by atoms with Gasteiger partial charge in [-0.15, -0.1) is 5.10 Å². The Kier molecular flexibility index (Phi) is 2.29. The van der Waals surface area contributed by atoms with Gasteiger partial charge in [-0.25, -0.2) is 14.3 Å². The molecule has 1 aliphatic carbocycles.